The van der Waals surface area contributed by atoms with Crippen LogP contribution in [0.25, 0.3) is 0 Å². The van der Waals surface area contributed by atoms with E-state index in [9.17, 15) is 4.79 Å². The highest BCUT2D eigenvalue weighted by molar-refractivity contribution is 5.78. The van der Waals surface area contributed by atoms with E-state index >= 15 is 0 Å². The molecule has 1 aromatic rings. The van der Waals surface area contributed by atoms with Crippen molar-refractivity contribution in [2.24, 2.45) is 5.92 Å². The number of aromatic nitrogens is 2. The van der Waals surface area contributed by atoms with E-state index in [0.29, 0.717) is 12.3 Å². The lowest BCUT2D eigenvalue weighted by molar-refractivity contribution is -0.120. The SMILES string of the molecule is Cc1cc(CN2CC[C@@H](CNC(=O)CC3=CCCCC3)C2)n[nH]1. The fourth-order valence-electron chi connectivity index (χ4n) is 3.60. The fraction of sp³-hybridized carbons (Fsp3) is 0.667. The molecule has 5 heteroatoms. The van der Waals surface area contributed by atoms with Crippen LogP contribution in [0.3, 0.4) is 0 Å². The van der Waals surface area contributed by atoms with E-state index in [0.717, 1.165) is 56.8 Å². The van der Waals surface area contributed by atoms with Crippen molar-refractivity contribution in [1.29, 1.82) is 0 Å². The van der Waals surface area contributed by atoms with Crippen molar-refractivity contribution in [3.8, 4) is 0 Å². The van der Waals surface area contributed by atoms with Gasteiger partial charge in [-0.05, 0) is 57.6 Å². The second-order valence-electron chi connectivity index (χ2n) is 7.02. The third kappa shape index (κ3) is 4.93. The maximum absolute atomic E-state index is 12.1. The number of nitrogens with zero attached hydrogens (tertiary/aromatic N) is 2. The number of likely N-dealkylation sites (tertiary alicyclic amines) is 1. The molecule has 0 bridgehead atoms. The molecule has 1 aliphatic heterocycles. The predicted octanol–water partition coefficient (Wildman–Crippen LogP) is 2.55. The average molecular weight is 316 g/mol. The predicted molar refractivity (Wildman–Crippen MR) is 90.9 cm³/mol. The molecule has 0 unspecified atom stereocenters. The Kier molecular flexibility index (Phi) is 5.49. The minimum atomic E-state index is 0.194. The van der Waals surface area contributed by atoms with Crippen molar-refractivity contribution in [2.75, 3.05) is 19.6 Å². The number of hydrogen-bond donors (Lipinski definition) is 2. The van der Waals surface area contributed by atoms with Crippen molar-refractivity contribution in [3.05, 3.63) is 29.1 Å². The van der Waals surface area contributed by atoms with E-state index < -0.39 is 0 Å². The smallest absolute Gasteiger partial charge is 0.224 e. The summed E-state index contributed by atoms with van der Waals surface area (Å²) in [5.74, 6) is 0.763. The normalized spacial score (nSPS) is 22.1. The Morgan fingerprint density at radius 3 is 3.13 bits per heavy atom. The van der Waals surface area contributed by atoms with E-state index in [1.54, 1.807) is 0 Å². The summed E-state index contributed by atoms with van der Waals surface area (Å²) in [6.45, 7) is 5.89. The second-order valence-corrected chi connectivity index (χ2v) is 7.02. The van der Waals surface area contributed by atoms with Crippen molar-refractivity contribution < 1.29 is 4.79 Å². The van der Waals surface area contributed by atoms with Gasteiger partial charge in [0.1, 0.15) is 0 Å². The second kappa shape index (κ2) is 7.77. The zero-order valence-corrected chi connectivity index (χ0v) is 14.1. The molecular formula is C18H28N4O. The molecule has 2 N–H and O–H groups in total. The number of carbonyl (C=O) groups excluding carboxylic acids is 1. The molecule has 2 aliphatic rings. The van der Waals surface area contributed by atoms with Gasteiger partial charge < -0.3 is 5.32 Å². The summed E-state index contributed by atoms with van der Waals surface area (Å²) in [6.07, 6.45) is 8.78. The van der Waals surface area contributed by atoms with E-state index in [2.05, 4.69) is 32.6 Å². The molecule has 1 saturated heterocycles. The van der Waals surface area contributed by atoms with Gasteiger partial charge >= 0.3 is 0 Å². The number of amides is 1. The molecule has 126 valence electrons. The quantitative estimate of drug-likeness (QED) is 0.793. The lowest BCUT2D eigenvalue weighted by Gasteiger charge is -2.16. The van der Waals surface area contributed by atoms with E-state index in [-0.39, 0.29) is 5.91 Å². The molecule has 3 rings (SSSR count). The van der Waals surface area contributed by atoms with Gasteiger partial charge in [0.05, 0.1) is 5.69 Å². The first-order valence-corrected chi connectivity index (χ1v) is 8.87. The van der Waals surface area contributed by atoms with Crippen LogP contribution in [0, 0.1) is 12.8 Å². The highest BCUT2D eigenvalue weighted by Crippen LogP contribution is 2.20. The lowest BCUT2D eigenvalue weighted by atomic mass is 9.97. The summed E-state index contributed by atoms with van der Waals surface area (Å²) < 4.78 is 0. The summed E-state index contributed by atoms with van der Waals surface area (Å²) >= 11 is 0. The van der Waals surface area contributed by atoms with Crippen molar-refractivity contribution >= 4 is 5.91 Å². The van der Waals surface area contributed by atoms with Crippen LogP contribution >= 0.6 is 0 Å². The maximum atomic E-state index is 12.1. The molecule has 1 amide bonds. The van der Waals surface area contributed by atoms with Crippen molar-refractivity contribution in [3.63, 3.8) is 0 Å². The van der Waals surface area contributed by atoms with E-state index in [1.165, 1.54) is 18.4 Å². The number of rotatable bonds is 6. The first-order valence-electron chi connectivity index (χ1n) is 8.87. The maximum Gasteiger partial charge on any atom is 0.224 e. The van der Waals surface area contributed by atoms with Gasteiger partial charge in [0.2, 0.25) is 5.91 Å². The van der Waals surface area contributed by atoms with Crippen molar-refractivity contribution in [1.82, 2.24) is 20.4 Å². The lowest BCUT2D eigenvalue weighted by Crippen LogP contribution is -2.31. The summed E-state index contributed by atoms with van der Waals surface area (Å²) in [5.41, 5.74) is 3.55. The molecule has 0 saturated carbocycles. The van der Waals surface area contributed by atoms with Crippen LogP contribution in [0.2, 0.25) is 0 Å². The molecule has 0 spiro atoms. The molecule has 1 aliphatic carbocycles. The number of H-pyrrole nitrogens is 1. The van der Waals surface area contributed by atoms with Gasteiger partial charge in [0.15, 0.2) is 0 Å². The molecule has 0 aromatic carbocycles. The number of allylic oxidation sites excluding steroid dienone is 1. The first kappa shape index (κ1) is 16.2. The third-order valence-corrected chi connectivity index (χ3v) is 4.88. The minimum Gasteiger partial charge on any atom is -0.355 e. The molecule has 5 nitrogen and oxygen atoms in total. The molecule has 1 fully saturated rings. The first-order chi connectivity index (χ1) is 11.2. The van der Waals surface area contributed by atoms with Gasteiger partial charge in [-0.1, -0.05) is 11.6 Å². The Bertz CT molecular complexity index is 563. The van der Waals surface area contributed by atoms with Gasteiger partial charge in [-0.3, -0.25) is 14.8 Å². The number of carbonyl (C=O) groups is 1. The monoisotopic (exact) mass is 316 g/mol. The highest BCUT2D eigenvalue weighted by atomic mass is 16.1. The van der Waals surface area contributed by atoms with Crippen molar-refractivity contribution in [2.45, 2.75) is 52.0 Å². The number of aromatic amines is 1. The van der Waals surface area contributed by atoms with Crippen LogP contribution in [0.15, 0.2) is 17.7 Å². The summed E-state index contributed by atoms with van der Waals surface area (Å²) in [5, 5.41) is 10.4. The largest absolute Gasteiger partial charge is 0.355 e. The molecular weight excluding hydrogens is 288 g/mol. The number of hydrogen-bond acceptors (Lipinski definition) is 3. The Balaban J connectivity index is 1.36. The van der Waals surface area contributed by atoms with E-state index in [1.807, 2.05) is 6.92 Å². The zero-order valence-electron chi connectivity index (χ0n) is 14.1. The minimum absolute atomic E-state index is 0.194. The van der Waals surface area contributed by atoms with Gasteiger partial charge in [0, 0.05) is 31.7 Å². The molecule has 1 aromatic heterocycles. The summed E-state index contributed by atoms with van der Waals surface area (Å²) in [7, 11) is 0. The van der Waals surface area contributed by atoms with Crippen LogP contribution in [0.1, 0.15) is 49.9 Å². The van der Waals surface area contributed by atoms with Crippen LogP contribution < -0.4 is 5.32 Å². The van der Waals surface area contributed by atoms with Gasteiger partial charge in [-0.25, -0.2) is 0 Å². The topological polar surface area (TPSA) is 61.0 Å². The van der Waals surface area contributed by atoms with Gasteiger partial charge in [-0.15, -0.1) is 0 Å². The van der Waals surface area contributed by atoms with Gasteiger partial charge in [0.25, 0.3) is 0 Å². The summed E-state index contributed by atoms with van der Waals surface area (Å²) in [6, 6.07) is 2.10. The fourth-order valence-corrected chi connectivity index (χ4v) is 3.60. The Hall–Kier alpha value is -1.62. The highest BCUT2D eigenvalue weighted by Gasteiger charge is 2.23. The summed E-state index contributed by atoms with van der Waals surface area (Å²) in [4.78, 5) is 14.5. The van der Waals surface area contributed by atoms with Crippen LogP contribution in [0.4, 0.5) is 0 Å². The Morgan fingerprint density at radius 1 is 1.48 bits per heavy atom. The van der Waals surface area contributed by atoms with Crippen LogP contribution in [0.5, 0.6) is 0 Å². The molecule has 23 heavy (non-hydrogen) atoms. The number of aryl methyl sites for hydroxylation is 1. The van der Waals surface area contributed by atoms with Crippen LogP contribution in [-0.2, 0) is 11.3 Å². The Morgan fingerprint density at radius 2 is 2.39 bits per heavy atom. The molecule has 0 radical (unpaired) electrons. The Labute approximate surface area is 138 Å². The van der Waals surface area contributed by atoms with Gasteiger partial charge in [-0.2, -0.15) is 5.10 Å². The molecule has 1 atom stereocenters. The average Bonchev–Trinajstić information content (AvgIpc) is 3.16. The van der Waals surface area contributed by atoms with Crippen LogP contribution in [-0.4, -0.2) is 40.6 Å². The standard InChI is InChI=1S/C18H28N4O/c1-14-9-17(21-20-14)13-22-8-7-16(12-22)11-19-18(23)10-15-5-3-2-4-6-15/h5,9,16H,2-4,6-8,10-13H2,1H3,(H,19,23)(H,20,21)/t16-/m0/s1. The molecule has 2 heterocycles. The zero-order chi connectivity index (χ0) is 16.1. The van der Waals surface area contributed by atoms with E-state index in [4.69, 9.17) is 0 Å². The number of nitrogens with one attached hydrogen (secondary N) is 2. The third-order valence-electron chi connectivity index (χ3n) is 4.88.